The summed E-state index contributed by atoms with van der Waals surface area (Å²) < 4.78 is 3.62. The van der Waals surface area contributed by atoms with Crippen molar-refractivity contribution in [2.24, 2.45) is 11.8 Å². The van der Waals surface area contributed by atoms with Gasteiger partial charge in [-0.25, -0.2) is 4.79 Å². The molecular weight excluding hydrogens is 442 g/mol. The van der Waals surface area contributed by atoms with E-state index in [1.165, 1.54) is 0 Å². The molecule has 3 heterocycles. The van der Waals surface area contributed by atoms with Crippen LogP contribution >= 0.6 is 0 Å². The number of unbranched alkanes of at least 4 members (excludes halogenated alkanes) is 1. The number of carbonyl (C=O) groups is 1. The smallest absolute Gasteiger partial charge is 0.300 e. The lowest BCUT2D eigenvalue weighted by atomic mass is 10.0. The molecule has 0 amide bonds. The fourth-order valence-corrected chi connectivity index (χ4v) is 5.00. The molecule has 1 aromatic carbocycles. The predicted octanol–water partition coefficient (Wildman–Crippen LogP) is 3.68. The van der Waals surface area contributed by atoms with E-state index < -0.39 is 0 Å². The zero-order valence-corrected chi connectivity index (χ0v) is 20.2. The molecule has 4 aromatic rings. The van der Waals surface area contributed by atoms with Gasteiger partial charge in [-0.1, -0.05) is 50.6 Å². The summed E-state index contributed by atoms with van der Waals surface area (Å²) >= 11 is 0. The molecule has 3 atom stereocenters. The number of aromatic amines is 1. The van der Waals surface area contributed by atoms with E-state index in [1.54, 1.807) is 11.5 Å². The number of ketones is 1. The molecule has 5 rings (SSSR count). The molecular formula is C26H29N7O2. The second-order valence-electron chi connectivity index (χ2n) is 9.32. The van der Waals surface area contributed by atoms with Gasteiger partial charge in [0.1, 0.15) is 5.78 Å². The Balaban J connectivity index is 1.43. The quantitative estimate of drug-likeness (QED) is 0.399. The van der Waals surface area contributed by atoms with Crippen LogP contribution in [-0.2, 0) is 17.8 Å². The van der Waals surface area contributed by atoms with Gasteiger partial charge in [-0.05, 0) is 42.5 Å². The fourth-order valence-electron chi connectivity index (χ4n) is 5.00. The van der Waals surface area contributed by atoms with E-state index in [2.05, 4.69) is 32.5 Å². The third kappa shape index (κ3) is 4.34. The highest BCUT2D eigenvalue weighted by Crippen LogP contribution is 2.50. The first-order chi connectivity index (χ1) is 17.0. The topological polar surface area (TPSA) is 111 Å². The summed E-state index contributed by atoms with van der Waals surface area (Å²) in [4.78, 5) is 30.0. The van der Waals surface area contributed by atoms with E-state index in [9.17, 15) is 9.59 Å². The molecule has 1 aliphatic carbocycles. The van der Waals surface area contributed by atoms with Gasteiger partial charge in [0.2, 0.25) is 5.82 Å². The Labute approximate surface area is 203 Å². The van der Waals surface area contributed by atoms with Crippen molar-refractivity contribution in [1.82, 2.24) is 34.7 Å². The monoisotopic (exact) mass is 471 g/mol. The highest BCUT2D eigenvalue weighted by Gasteiger charge is 2.52. The van der Waals surface area contributed by atoms with Crippen LogP contribution in [0.15, 0.2) is 53.6 Å². The molecule has 0 saturated heterocycles. The summed E-state index contributed by atoms with van der Waals surface area (Å²) in [6, 6.07) is 11.7. The number of carbonyl (C=O) groups excluding carboxylic acids is 1. The van der Waals surface area contributed by atoms with E-state index in [-0.39, 0.29) is 29.4 Å². The molecule has 9 nitrogen and oxygen atoms in total. The number of pyridine rings is 1. The van der Waals surface area contributed by atoms with E-state index in [0.29, 0.717) is 12.4 Å². The molecule has 1 N–H and O–H groups in total. The van der Waals surface area contributed by atoms with Gasteiger partial charge in [0.05, 0.1) is 18.3 Å². The summed E-state index contributed by atoms with van der Waals surface area (Å²) in [7, 11) is 0. The predicted molar refractivity (Wildman–Crippen MR) is 132 cm³/mol. The van der Waals surface area contributed by atoms with E-state index >= 15 is 0 Å². The molecule has 180 valence electrons. The lowest BCUT2D eigenvalue weighted by molar-refractivity contribution is -0.118. The number of tetrazole rings is 1. The first-order valence-electron chi connectivity index (χ1n) is 12.1. The normalized spacial score (nSPS) is 19.1. The average molecular weight is 472 g/mol. The second-order valence-corrected chi connectivity index (χ2v) is 9.32. The number of aryl methyl sites for hydroxylation is 1. The van der Waals surface area contributed by atoms with Crippen molar-refractivity contribution in [3.05, 3.63) is 70.5 Å². The van der Waals surface area contributed by atoms with Gasteiger partial charge in [-0.2, -0.15) is 5.21 Å². The van der Waals surface area contributed by atoms with Crippen LogP contribution in [0.25, 0.3) is 22.6 Å². The minimum absolute atomic E-state index is 0.0382. The lowest BCUT2D eigenvalue weighted by Gasteiger charge is -2.09. The minimum atomic E-state index is -0.0669. The second kappa shape index (κ2) is 9.40. The molecule has 9 heteroatoms. The first-order valence-corrected chi connectivity index (χ1v) is 12.1. The van der Waals surface area contributed by atoms with Crippen LogP contribution in [0.4, 0.5) is 0 Å². The largest absolute Gasteiger partial charge is 0.328 e. The van der Waals surface area contributed by atoms with Crippen molar-refractivity contribution in [2.45, 2.75) is 52.6 Å². The maximum absolute atomic E-state index is 13.4. The van der Waals surface area contributed by atoms with Crippen LogP contribution in [0.3, 0.4) is 0 Å². The number of benzene rings is 1. The van der Waals surface area contributed by atoms with Crippen molar-refractivity contribution < 1.29 is 4.79 Å². The van der Waals surface area contributed by atoms with Crippen LogP contribution < -0.4 is 5.69 Å². The van der Waals surface area contributed by atoms with Crippen LogP contribution in [0.5, 0.6) is 0 Å². The number of nitrogens with zero attached hydrogens (tertiary/aromatic N) is 6. The zero-order valence-electron chi connectivity index (χ0n) is 20.2. The maximum Gasteiger partial charge on any atom is 0.328 e. The fraction of sp³-hybridized carbons (Fsp3) is 0.385. The third-order valence-electron chi connectivity index (χ3n) is 6.95. The zero-order chi connectivity index (χ0) is 24.5. The maximum atomic E-state index is 13.4. The van der Waals surface area contributed by atoms with Crippen LogP contribution in [0, 0.1) is 11.8 Å². The molecule has 1 saturated carbocycles. The Morgan fingerprint density at radius 2 is 1.94 bits per heavy atom. The molecule has 0 bridgehead atoms. The van der Waals surface area contributed by atoms with Gasteiger partial charge in [0, 0.05) is 35.1 Å². The molecule has 0 radical (unpaired) electrons. The van der Waals surface area contributed by atoms with Crippen molar-refractivity contribution in [3.63, 3.8) is 0 Å². The highest BCUT2D eigenvalue weighted by molar-refractivity contribution is 5.82. The van der Waals surface area contributed by atoms with Crippen molar-refractivity contribution in [3.8, 4) is 22.6 Å². The standard InChI is InChI=1S/C26H29N7O2/c1-4-5-8-19-15-33(24-16(2)23(24)17(3)34)26(35)32(19)14-18-11-12-22(27-13-18)20-9-6-7-10-21(20)25-28-30-31-29-25/h6-7,9-13,15-16,23-24H,4-5,8,14H2,1-3H3,(H,28,29,30,31). The Morgan fingerprint density at radius 3 is 2.57 bits per heavy atom. The number of Topliss-reactive ketones (excluding diaryl/α,β-unsaturated/α-hetero) is 1. The van der Waals surface area contributed by atoms with Gasteiger partial charge in [0.15, 0.2) is 0 Å². The van der Waals surface area contributed by atoms with Crippen LogP contribution in [0.1, 0.15) is 50.9 Å². The summed E-state index contributed by atoms with van der Waals surface area (Å²) in [6.45, 7) is 6.24. The van der Waals surface area contributed by atoms with E-state index in [4.69, 9.17) is 0 Å². The van der Waals surface area contributed by atoms with Crippen molar-refractivity contribution in [1.29, 1.82) is 0 Å². The van der Waals surface area contributed by atoms with E-state index in [0.717, 1.165) is 47.3 Å². The average Bonchev–Trinajstić information content (AvgIpc) is 3.18. The number of nitrogens with one attached hydrogen (secondary N) is 1. The Bertz CT molecular complexity index is 1390. The number of hydrogen-bond acceptors (Lipinski definition) is 6. The SMILES string of the molecule is CCCCc1cn(C2C(C)C2C(C)=O)c(=O)n1Cc1ccc(-c2ccccc2-c2nn[nH]n2)nc1. The number of H-pyrrole nitrogens is 1. The van der Waals surface area contributed by atoms with Crippen molar-refractivity contribution in [2.75, 3.05) is 0 Å². The van der Waals surface area contributed by atoms with Crippen molar-refractivity contribution >= 4 is 5.78 Å². The number of aromatic nitrogens is 7. The Hall–Kier alpha value is -3.88. The number of rotatable bonds is 9. The Kier molecular flexibility index (Phi) is 6.15. The van der Waals surface area contributed by atoms with Gasteiger partial charge in [0.25, 0.3) is 0 Å². The van der Waals surface area contributed by atoms with Crippen LogP contribution in [0.2, 0.25) is 0 Å². The molecule has 35 heavy (non-hydrogen) atoms. The minimum Gasteiger partial charge on any atom is -0.300 e. The molecule has 1 aliphatic rings. The summed E-state index contributed by atoms with van der Waals surface area (Å²) in [5.41, 5.74) is 4.44. The van der Waals surface area contributed by atoms with Gasteiger partial charge < -0.3 is 0 Å². The number of hydrogen-bond donors (Lipinski definition) is 1. The molecule has 3 aromatic heterocycles. The third-order valence-corrected chi connectivity index (χ3v) is 6.95. The molecule has 3 unspecified atom stereocenters. The molecule has 0 aliphatic heterocycles. The van der Waals surface area contributed by atoms with Gasteiger partial charge in [-0.3, -0.25) is 18.9 Å². The Morgan fingerprint density at radius 1 is 1.14 bits per heavy atom. The highest BCUT2D eigenvalue weighted by atomic mass is 16.2. The van der Waals surface area contributed by atoms with Crippen LogP contribution in [-0.4, -0.2) is 40.5 Å². The number of imidazole rings is 1. The van der Waals surface area contributed by atoms with E-state index in [1.807, 2.05) is 60.3 Å². The van der Waals surface area contributed by atoms with Gasteiger partial charge in [-0.15, -0.1) is 10.2 Å². The first kappa shape index (κ1) is 22.9. The molecule has 0 spiro atoms. The molecule has 1 fully saturated rings. The van der Waals surface area contributed by atoms with Gasteiger partial charge >= 0.3 is 5.69 Å². The summed E-state index contributed by atoms with van der Waals surface area (Å²) in [5.74, 6) is 0.791. The summed E-state index contributed by atoms with van der Waals surface area (Å²) in [5, 5.41) is 14.3. The lowest BCUT2D eigenvalue weighted by Crippen LogP contribution is -2.26. The summed E-state index contributed by atoms with van der Waals surface area (Å²) in [6.07, 6.45) is 6.66.